The average molecular weight is 276 g/mol. The van der Waals surface area contributed by atoms with Crippen molar-refractivity contribution in [3.05, 3.63) is 23.3 Å². The molecule has 0 heterocycles. The van der Waals surface area contributed by atoms with Crippen LogP contribution in [0, 0.1) is 25.7 Å². The van der Waals surface area contributed by atoms with E-state index in [9.17, 15) is 4.79 Å². The molecule has 4 nitrogen and oxygen atoms in total. The number of nitrogens with one attached hydrogen (secondary N) is 1. The van der Waals surface area contributed by atoms with E-state index in [1.54, 1.807) is 7.11 Å². The number of ether oxygens (including phenoxy) is 1. The van der Waals surface area contributed by atoms with Crippen LogP contribution in [0.2, 0.25) is 0 Å². The van der Waals surface area contributed by atoms with Crippen molar-refractivity contribution < 1.29 is 9.53 Å². The van der Waals surface area contributed by atoms with E-state index in [0.717, 1.165) is 41.8 Å². The summed E-state index contributed by atoms with van der Waals surface area (Å²) in [5.41, 5.74) is 8.63. The van der Waals surface area contributed by atoms with E-state index in [2.05, 4.69) is 5.32 Å². The molecule has 4 heteroatoms. The van der Waals surface area contributed by atoms with E-state index in [-0.39, 0.29) is 11.8 Å². The van der Waals surface area contributed by atoms with Gasteiger partial charge in [-0.15, -0.1) is 0 Å². The molecule has 1 aliphatic carbocycles. The Kier molecular flexibility index (Phi) is 4.65. The number of hydrogen-bond donors (Lipinski definition) is 2. The van der Waals surface area contributed by atoms with Gasteiger partial charge in [0.1, 0.15) is 5.75 Å². The van der Waals surface area contributed by atoms with Crippen molar-refractivity contribution in [2.45, 2.75) is 33.1 Å². The SMILES string of the molecule is COc1c(C)ccc(NC(=O)[C@@H]2CCC[C@@H]2CN)c1C. The quantitative estimate of drug-likeness (QED) is 0.888. The zero-order valence-electron chi connectivity index (χ0n) is 12.5. The fraction of sp³-hybridized carbons (Fsp3) is 0.562. The summed E-state index contributed by atoms with van der Waals surface area (Å²) in [6.45, 7) is 4.56. The first kappa shape index (κ1) is 14.9. The maximum atomic E-state index is 12.4. The minimum absolute atomic E-state index is 0.0479. The van der Waals surface area contributed by atoms with Gasteiger partial charge in [0.15, 0.2) is 0 Å². The summed E-state index contributed by atoms with van der Waals surface area (Å²) < 4.78 is 5.39. The van der Waals surface area contributed by atoms with Crippen LogP contribution in [0.15, 0.2) is 12.1 Å². The van der Waals surface area contributed by atoms with Crippen molar-refractivity contribution >= 4 is 11.6 Å². The molecule has 0 aliphatic heterocycles. The second-order valence-corrected chi connectivity index (χ2v) is 5.61. The second-order valence-electron chi connectivity index (χ2n) is 5.61. The average Bonchev–Trinajstić information content (AvgIpc) is 2.91. The van der Waals surface area contributed by atoms with Crippen LogP contribution in [0.1, 0.15) is 30.4 Å². The molecule has 0 aromatic heterocycles. The summed E-state index contributed by atoms with van der Waals surface area (Å²) >= 11 is 0. The molecule has 110 valence electrons. The lowest BCUT2D eigenvalue weighted by atomic mass is 9.95. The largest absolute Gasteiger partial charge is 0.496 e. The Bertz CT molecular complexity index is 499. The molecular formula is C16H24N2O2. The van der Waals surface area contributed by atoms with Gasteiger partial charge in [0, 0.05) is 17.2 Å². The van der Waals surface area contributed by atoms with Crippen LogP contribution in [-0.4, -0.2) is 19.6 Å². The van der Waals surface area contributed by atoms with Crippen LogP contribution in [0.5, 0.6) is 5.75 Å². The van der Waals surface area contributed by atoms with Gasteiger partial charge in [0.05, 0.1) is 7.11 Å². The summed E-state index contributed by atoms with van der Waals surface area (Å²) in [4.78, 5) is 12.4. The standard InChI is InChI=1S/C16H24N2O2/c1-10-7-8-14(11(2)15(10)20-3)18-16(19)13-6-4-5-12(13)9-17/h7-8,12-13H,4-6,9,17H2,1-3H3,(H,18,19)/t12-,13-/m1/s1. The van der Waals surface area contributed by atoms with Gasteiger partial charge < -0.3 is 15.8 Å². The topological polar surface area (TPSA) is 64.3 Å². The highest BCUT2D eigenvalue weighted by molar-refractivity contribution is 5.94. The fourth-order valence-electron chi connectivity index (χ4n) is 3.17. The number of carbonyl (C=O) groups is 1. The van der Waals surface area contributed by atoms with Crippen molar-refractivity contribution in [1.82, 2.24) is 0 Å². The maximum Gasteiger partial charge on any atom is 0.227 e. The molecule has 20 heavy (non-hydrogen) atoms. The molecule has 2 atom stereocenters. The van der Waals surface area contributed by atoms with Gasteiger partial charge in [-0.05, 0) is 50.8 Å². The lowest BCUT2D eigenvalue weighted by Crippen LogP contribution is -2.30. The molecule has 0 radical (unpaired) electrons. The molecule has 1 aliphatic rings. The molecular weight excluding hydrogens is 252 g/mol. The first-order valence-corrected chi connectivity index (χ1v) is 7.23. The van der Waals surface area contributed by atoms with Crippen LogP contribution in [0.25, 0.3) is 0 Å². The van der Waals surface area contributed by atoms with Crippen LogP contribution in [-0.2, 0) is 4.79 Å². The Morgan fingerprint density at radius 2 is 2.15 bits per heavy atom. The van der Waals surface area contributed by atoms with E-state index in [1.807, 2.05) is 26.0 Å². The Morgan fingerprint density at radius 1 is 1.40 bits per heavy atom. The Labute approximate surface area is 120 Å². The Morgan fingerprint density at radius 3 is 2.80 bits per heavy atom. The number of nitrogens with two attached hydrogens (primary N) is 1. The lowest BCUT2D eigenvalue weighted by molar-refractivity contribution is -0.120. The Hall–Kier alpha value is -1.55. The van der Waals surface area contributed by atoms with Gasteiger partial charge in [-0.25, -0.2) is 0 Å². The molecule has 1 aromatic rings. The van der Waals surface area contributed by atoms with E-state index < -0.39 is 0 Å². The van der Waals surface area contributed by atoms with Gasteiger partial charge in [0.25, 0.3) is 0 Å². The third-order valence-electron chi connectivity index (χ3n) is 4.36. The van der Waals surface area contributed by atoms with Crippen LogP contribution >= 0.6 is 0 Å². The summed E-state index contributed by atoms with van der Waals surface area (Å²) in [6.07, 6.45) is 3.09. The van der Waals surface area contributed by atoms with Crippen molar-refractivity contribution in [1.29, 1.82) is 0 Å². The smallest absolute Gasteiger partial charge is 0.227 e. The van der Waals surface area contributed by atoms with Crippen molar-refractivity contribution in [2.24, 2.45) is 17.6 Å². The highest BCUT2D eigenvalue weighted by Gasteiger charge is 2.32. The number of aryl methyl sites for hydroxylation is 1. The third-order valence-corrected chi connectivity index (χ3v) is 4.36. The fourth-order valence-corrected chi connectivity index (χ4v) is 3.17. The van der Waals surface area contributed by atoms with Crippen molar-refractivity contribution in [3.8, 4) is 5.75 Å². The lowest BCUT2D eigenvalue weighted by Gasteiger charge is -2.19. The minimum atomic E-state index is 0.0479. The first-order chi connectivity index (χ1) is 9.58. The maximum absolute atomic E-state index is 12.4. The molecule has 1 aromatic carbocycles. The minimum Gasteiger partial charge on any atom is -0.496 e. The number of methoxy groups -OCH3 is 1. The van der Waals surface area contributed by atoms with Gasteiger partial charge in [0.2, 0.25) is 5.91 Å². The number of carbonyl (C=O) groups excluding carboxylic acids is 1. The number of amides is 1. The van der Waals surface area contributed by atoms with Gasteiger partial charge >= 0.3 is 0 Å². The van der Waals surface area contributed by atoms with Crippen LogP contribution in [0.4, 0.5) is 5.69 Å². The van der Waals surface area contributed by atoms with E-state index in [0.29, 0.717) is 12.5 Å². The van der Waals surface area contributed by atoms with Crippen LogP contribution in [0.3, 0.4) is 0 Å². The van der Waals surface area contributed by atoms with Gasteiger partial charge in [-0.2, -0.15) is 0 Å². The summed E-state index contributed by atoms with van der Waals surface area (Å²) in [5, 5.41) is 3.04. The molecule has 1 saturated carbocycles. The summed E-state index contributed by atoms with van der Waals surface area (Å²) in [7, 11) is 1.66. The summed E-state index contributed by atoms with van der Waals surface area (Å²) in [6, 6.07) is 3.91. The van der Waals surface area contributed by atoms with Gasteiger partial charge in [-0.3, -0.25) is 4.79 Å². The number of anilines is 1. The molecule has 1 fully saturated rings. The van der Waals surface area contributed by atoms with E-state index in [1.165, 1.54) is 0 Å². The van der Waals surface area contributed by atoms with Crippen molar-refractivity contribution in [3.63, 3.8) is 0 Å². The molecule has 2 rings (SSSR count). The molecule has 0 unspecified atom stereocenters. The number of benzene rings is 1. The zero-order valence-corrected chi connectivity index (χ0v) is 12.5. The Balaban J connectivity index is 2.16. The molecule has 0 spiro atoms. The molecule has 3 N–H and O–H groups in total. The highest BCUT2D eigenvalue weighted by Crippen LogP contribution is 2.34. The normalized spacial score (nSPS) is 21.8. The predicted molar refractivity (Wildman–Crippen MR) is 81.0 cm³/mol. The molecule has 1 amide bonds. The predicted octanol–water partition coefficient (Wildman–Crippen LogP) is 2.63. The monoisotopic (exact) mass is 276 g/mol. The second kappa shape index (κ2) is 6.27. The van der Waals surface area contributed by atoms with Gasteiger partial charge in [-0.1, -0.05) is 12.5 Å². The van der Waals surface area contributed by atoms with Crippen molar-refractivity contribution in [2.75, 3.05) is 19.0 Å². The number of rotatable bonds is 4. The zero-order chi connectivity index (χ0) is 14.7. The first-order valence-electron chi connectivity index (χ1n) is 7.23. The van der Waals surface area contributed by atoms with E-state index >= 15 is 0 Å². The van der Waals surface area contributed by atoms with E-state index in [4.69, 9.17) is 10.5 Å². The third kappa shape index (κ3) is 2.80. The number of hydrogen-bond acceptors (Lipinski definition) is 3. The van der Waals surface area contributed by atoms with Crippen LogP contribution < -0.4 is 15.8 Å². The highest BCUT2D eigenvalue weighted by atomic mass is 16.5. The molecule has 0 saturated heterocycles. The molecule has 0 bridgehead atoms. The summed E-state index contributed by atoms with van der Waals surface area (Å²) in [5.74, 6) is 1.30.